The minimum atomic E-state index is -0.310. The van der Waals surface area contributed by atoms with Gasteiger partial charge in [0.2, 0.25) is 0 Å². The third-order valence-corrected chi connectivity index (χ3v) is 3.05. The second-order valence-electron chi connectivity index (χ2n) is 3.31. The first kappa shape index (κ1) is 13.0. The van der Waals surface area contributed by atoms with E-state index in [1.165, 1.54) is 7.11 Å². The number of nitrogens with one attached hydrogen (secondary N) is 1. The number of anilines is 1. The van der Waals surface area contributed by atoms with E-state index in [1.807, 2.05) is 19.1 Å². The molecule has 0 aromatic heterocycles. The molecule has 0 aliphatic rings. The van der Waals surface area contributed by atoms with Crippen LogP contribution in [0.1, 0.15) is 15.9 Å². The highest BCUT2D eigenvalue weighted by Gasteiger charge is 2.12. The van der Waals surface area contributed by atoms with Crippen molar-refractivity contribution in [2.24, 2.45) is 0 Å². The number of carbonyl (C=O) groups is 1. The Morgan fingerprint density at radius 1 is 1.62 bits per heavy atom. The van der Waals surface area contributed by atoms with Gasteiger partial charge in [-0.3, -0.25) is 0 Å². The van der Waals surface area contributed by atoms with Gasteiger partial charge in [-0.15, -0.1) is 6.58 Å². The van der Waals surface area contributed by atoms with Gasteiger partial charge < -0.3 is 10.1 Å². The molecule has 86 valence electrons. The molecule has 0 radical (unpaired) electrons. The zero-order chi connectivity index (χ0) is 12.1. The van der Waals surface area contributed by atoms with Gasteiger partial charge in [-0.2, -0.15) is 0 Å². The number of hydrogen-bond acceptors (Lipinski definition) is 3. The van der Waals surface area contributed by atoms with Crippen molar-refractivity contribution in [3.8, 4) is 0 Å². The highest BCUT2D eigenvalue weighted by Crippen LogP contribution is 2.23. The molecule has 1 aromatic carbocycles. The van der Waals surface area contributed by atoms with Crippen LogP contribution in [0.15, 0.2) is 24.8 Å². The number of halogens is 1. The molecule has 0 saturated heterocycles. The predicted octanol–water partition coefficient (Wildman–Crippen LogP) is 2.98. The Kier molecular flexibility index (Phi) is 4.79. The Hall–Kier alpha value is -1.04. The van der Waals surface area contributed by atoms with Crippen LogP contribution in [-0.4, -0.2) is 19.6 Å². The Morgan fingerprint density at radius 3 is 2.88 bits per heavy atom. The summed E-state index contributed by atoms with van der Waals surface area (Å²) in [5.41, 5.74) is 2.43. The summed E-state index contributed by atoms with van der Waals surface area (Å²) in [6.45, 7) is 6.20. The van der Waals surface area contributed by atoms with Crippen LogP contribution < -0.4 is 5.32 Å². The molecule has 0 fully saturated rings. The van der Waals surface area contributed by atoms with Crippen LogP contribution >= 0.6 is 22.6 Å². The number of carbonyl (C=O) groups excluding carboxylic acids is 1. The Bertz CT molecular complexity index is 416. The second-order valence-corrected chi connectivity index (χ2v) is 4.47. The maximum atomic E-state index is 11.5. The third-order valence-electron chi connectivity index (χ3n) is 2.16. The quantitative estimate of drug-likeness (QED) is 0.524. The smallest absolute Gasteiger partial charge is 0.338 e. The van der Waals surface area contributed by atoms with Gasteiger partial charge in [-0.05, 0) is 47.2 Å². The molecule has 0 atom stereocenters. The van der Waals surface area contributed by atoms with E-state index in [9.17, 15) is 4.79 Å². The number of hydrogen-bond donors (Lipinski definition) is 1. The molecule has 0 amide bonds. The van der Waals surface area contributed by atoms with E-state index in [0.29, 0.717) is 12.1 Å². The van der Waals surface area contributed by atoms with Gasteiger partial charge in [-0.25, -0.2) is 4.79 Å². The molecule has 0 aliphatic carbocycles. The van der Waals surface area contributed by atoms with Gasteiger partial charge in [0.15, 0.2) is 0 Å². The van der Waals surface area contributed by atoms with E-state index in [0.717, 1.165) is 14.8 Å². The van der Waals surface area contributed by atoms with Crippen LogP contribution in [0.3, 0.4) is 0 Å². The van der Waals surface area contributed by atoms with E-state index in [4.69, 9.17) is 4.74 Å². The van der Waals surface area contributed by atoms with Crippen molar-refractivity contribution in [2.45, 2.75) is 6.92 Å². The maximum absolute atomic E-state index is 11.5. The first-order chi connectivity index (χ1) is 7.60. The van der Waals surface area contributed by atoms with E-state index in [-0.39, 0.29) is 5.97 Å². The Morgan fingerprint density at radius 2 is 2.31 bits per heavy atom. The van der Waals surface area contributed by atoms with Crippen LogP contribution in [0.4, 0.5) is 5.69 Å². The molecule has 0 aliphatic heterocycles. The number of benzene rings is 1. The number of esters is 1. The summed E-state index contributed by atoms with van der Waals surface area (Å²) in [4.78, 5) is 11.5. The van der Waals surface area contributed by atoms with Gasteiger partial charge >= 0.3 is 5.97 Å². The minimum Gasteiger partial charge on any atom is -0.465 e. The fourth-order valence-electron chi connectivity index (χ4n) is 1.32. The SMILES string of the molecule is C=CCNc1cc(C(=O)OC)c(C)cc1I. The number of ether oxygens (including phenoxy) is 1. The van der Waals surface area contributed by atoms with E-state index >= 15 is 0 Å². The molecule has 4 heteroatoms. The van der Waals surface area contributed by atoms with Crippen LogP contribution in [0.25, 0.3) is 0 Å². The molecule has 1 rings (SSSR count). The molecular formula is C12H14INO2. The molecule has 16 heavy (non-hydrogen) atoms. The summed E-state index contributed by atoms with van der Waals surface area (Å²) in [5.74, 6) is -0.310. The number of aryl methyl sites for hydroxylation is 1. The van der Waals surface area contributed by atoms with Gasteiger partial charge in [0, 0.05) is 15.8 Å². The molecule has 0 spiro atoms. The summed E-state index contributed by atoms with van der Waals surface area (Å²) in [6, 6.07) is 3.77. The fraction of sp³-hybridized carbons (Fsp3) is 0.250. The zero-order valence-corrected chi connectivity index (χ0v) is 11.5. The van der Waals surface area contributed by atoms with Crippen LogP contribution in [-0.2, 0) is 4.74 Å². The summed E-state index contributed by atoms with van der Waals surface area (Å²) < 4.78 is 5.80. The third kappa shape index (κ3) is 2.98. The van der Waals surface area contributed by atoms with Crippen molar-refractivity contribution in [3.05, 3.63) is 39.5 Å². The largest absolute Gasteiger partial charge is 0.465 e. The van der Waals surface area contributed by atoms with Gasteiger partial charge in [0.1, 0.15) is 0 Å². The molecule has 1 N–H and O–H groups in total. The van der Waals surface area contributed by atoms with Gasteiger partial charge in [-0.1, -0.05) is 6.08 Å². The van der Waals surface area contributed by atoms with Crippen LogP contribution in [0.2, 0.25) is 0 Å². The van der Waals surface area contributed by atoms with Crippen molar-refractivity contribution in [2.75, 3.05) is 19.0 Å². The molecule has 0 unspecified atom stereocenters. The van der Waals surface area contributed by atoms with Crippen LogP contribution in [0, 0.1) is 10.5 Å². The molecule has 0 saturated carbocycles. The number of methoxy groups -OCH3 is 1. The second kappa shape index (κ2) is 5.89. The maximum Gasteiger partial charge on any atom is 0.338 e. The fourth-order valence-corrected chi connectivity index (χ4v) is 2.13. The monoisotopic (exact) mass is 331 g/mol. The summed E-state index contributed by atoms with van der Waals surface area (Å²) in [5, 5.41) is 3.18. The van der Waals surface area contributed by atoms with Gasteiger partial charge in [0.05, 0.1) is 12.7 Å². The Labute approximate surface area is 109 Å². The van der Waals surface area contributed by atoms with Crippen LogP contribution in [0.5, 0.6) is 0 Å². The average Bonchev–Trinajstić information content (AvgIpc) is 2.27. The van der Waals surface area contributed by atoms with E-state index in [1.54, 1.807) is 6.08 Å². The molecule has 3 nitrogen and oxygen atoms in total. The lowest BCUT2D eigenvalue weighted by molar-refractivity contribution is 0.0600. The highest BCUT2D eigenvalue weighted by atomic mass is 127. The number of rotatable bonds is 4. The normalized spacial score (nSPS) is 9.69. The Balaban J connectivity index is 3.10. The van der Waals surface area contributed by atoms with Crippen molar-refractivity contribution < 1.29 is 9.53 Å². The van der Waals surface area contributed by atoms with Gasteiger partial charge in [0.25, 0.3) is 0 Å². The summed E-state index contributed by atoms with van der Waals surface area (Å²) in [6.07, 6.45) is 1.77. The van der Waals surface area contributed by atoms with E-state index in [2.05, 4.69) is 34.5 Å². The average molecular weight is 331 g/mol. The lowest BCUT2D eigenvalue weighted by Gasteiger charge is -2.10. The van der Waals surface area contributed by atoms with E-state index < -0.39 is 0 Å². The van der Waals surface area contributed by atoms with Crippen molar-refractivity contribution >= 4 is 34.2 Å². The lowest BCUT2D eigenvalue weighted by atomic mass is 10.1. The molecule has 0 heterocycles. The zero-order valence-electron chi connectivity index (χ0n) is 9.34. The summed E-state index contributed by atoms with van der Waals surface area (Å²) in [7, 11) is 1.39. The first-order valence-corrected chi connectivity index (χ1v) is 5.91. The first-order valence-electron chi connectivity index (χ1n) is 4.83. The molecule has 1 aromatic rings. The standard InChI is InChI=1S/C12H14INO2/c1-4-5-14-11-7-9(12(15)16-3)8(2)6-10(11)13/h4,6-7,14H,1,5H2,2-3H3. The van der Waals surface area contributed by atoms with Crippen molar-refractivity contribution in [3.63, 3.8) is 0 Å². The summed E-state index contributed by atoms with van der Waals surface area (Å²) >= 11 is 2.23. The van der Waals surface area contributed by atoms with Crippen molar-refractivity contribution in [1.29, 1.82) is 0 Å². The molecule has 0 bridgehead atoms. The minimum absolute atomic E-state index is 0.310. The lowest BCUT2D eigenvalue weighted by Crippen LogP contribution is -2.07. The highest BCUT2D eigenvalue weighted by molar-refractivity contribution is 14.1. The predicted molar refractivity (Wildman–Crippen MR) is 73.9 cm³/mol. The van der Waals surface area contributed by atoms with Crippen molar-refractivity contribution in [1.82, 2.24) is 0 Å². The topological polar surface area (TPSA) is 38.3 Å². The molecular weight excluding hydrogens is 317 g/mol.